The summed E-state index contributed by atoms with van der Waals surface area (Å²) in [6.45, 7) is 0.612. The molecular weight excluding hydrogens is 220 g/mol. The molecule has 0 radical (unpaired) electrons. The summed E-state index contributed by atoms with van der Waals surface area (Å²) in [5.41, 5.74) is 1.02. The average molecular weight is 232 g/mol. The molecule has 1 aromatic carbocycles. The Morgan fingerprint density at radius 3 is 2.71 bits per heavy atom. The van der Waals surface area contributed by atoms with Crippen LogP contribution in [0.1, 0.15) is 16.1 Å². The molecule has 0 atom stereocenters. The van der Waals surface area contributed by atoms with Crippen LogP contribution in [-0.4, -0.2) is 23.1 Å². The van der Waals surface area contributed by atoms with Crippen molar-refractivity contribution in [3.63, 3.8) is 0 Å². The van der Waals surface area contributed by atoms with Crippen LogP contribution in [0, 0.1) is 0 Å². The summed E-state index contributed by atoms with van der Waals surface area (Å²) in [6, 6.07) is 10.1. The predicted octanol–water partition coefficient (Wildman–Crippen LogP) is 2.01. The number of carboxylic acid groups (broad SMARTS) is 1. The maximum Gasteiger partial charge on any atom is 0.357 e. The largest absolute Gasteiger partial charge is 0.476 e. The van der Waals surface area contributed by atoms with Gasteiger partial charge in [0.2, 0.25) is 0 Å². The second-order valence-electron chi connectivity index (χ2n) is 3.66. The molecule has 0 fully saturated rings. The molecule has 0 amide bonds. The highest BCUT2D eigenvalue weighted by Gasteiger charge is 2.13. The van der Waals surface area contributed by atoms with Gasteiger partial charge in [-0.1, -0.05) is 30.3 Å². The quantitative estimate of drug-likeness (QED) is 0.873. The van der Waals surface area contributed by atoms with Gasteiger partial charge >= 0.3 is 5.97 Å². The minimum Gasteiger partial charge on any atom is -0.476 e. The lowest BCUT2D eigenvalue weighted by atomic mass is 10.2. The van der Waals surface area contributed by atoms with E-state index in [-0.39, 0.29) is 5.69 Å². The minimum atomic E-state index is -1.09. The summed E-state index contributed by atoms with van der Waals surface area (Å²) in [4.78, 5) is 16.3. The van der Waals surface area contributed by atoms with E-state index in [2.05, 4.69) is 4.98 Å². The first-order valence-corrected chi connectivity index (χ1v) is 5.10. The summed E-state index contributed by atoms with van der Waals surface area (Å²) in [5.74, 6) is -1.09. The van der Waals surface area contributed by atoms with Crippen molar-refractivity contribution in [1.29, 1.82) is 0 Å². The molecule has 0 unspecified atom stereocenters. The third-order valence-corrected chi connectivity index (χ3v) is 2.30. The number of hydrogen-bond donors (Lipinski definition) is 1. The smallest absolute Gasteiger partial charge is 0.357 e. The molecule has 0 saturated heterocycles. The van der Waals surface area contributed by atoms with Gasteiger partial charge in [0.1, 0.15) is 6.26 Å². The van der Waals surface area contributed by atoms with Gasteiger partial charge in [0.05, 0.1) is 0 Å². The van der Waals surface area contributed by atoms with Crippen LogP contribution in [0.25, 0.3) is 0 Å². The van der Waals surface area contributed by atoms with Crippen LogP contribution in [0.5, 0.6) is 0 Å². The zero-order chi connectivity index (χ0) is 12.3. The SMILES string of the molecule is CN(Cc1ccccc1)c1nc(C(=O)O)co1. The summed E-state index contributed by atoms with van der Waals surface area (Å²) in [7, 11) is 1.80. The zero-order valence-electron chi connectivity index (χ0n) is 9.33. The number of benzene rings is 1. The summed E-state index contributed by atoms with van der Waals surface area (Å²) >= 11 is 0. The summed E-state index contributed by atoms with van der Waals surface area (Å²) in [5, 5.41) is 8.73. The van der Waals surface area contributed by atoms with Gasteiger partial charge in [-0.05, 0) is 5.56 Å². The molecule has 5 heteroatoms. The first-order chi connectivity index (χ1) is 8.16. The number of carboxylic acids is 1. The molecule has 1 N–H and O–H groups in total. The first kappa shape index (κ1) is 11.2. The third-order valence-electron chi connectivity index (χ3n) is 2.30. The fourth-order valence-electron chi connectivity index (χ4n) is 1.46. The van der Waals surface area contributed by atoms with Gasteiger partial charge in [-0.15, -0.1) is 0 Å². The highest BCUT2D eigenvalue weighted by atomic mass is 16.4. The molecule has 1 aromatic heterocycles. The van der Waals surface area contributed by atoms with E-state index in [1.165, 1.54) is 0 Å². The molecule has 0 aliphatic heterocycles. The Kier molecular flexibility index (Phi) is 3.09. The molecule has 0 aliphatic rings. The van der Waals surface area contributed by atoms with Gasteiger partial charge in [0.15, 0.2) is 5.69 Å². The van der Waals surface area contributed by atoms with Gasteiger partial charge < -0.3 is 14.4 Å². The third kappa shape index (κ3) is 2.63. The number of aromatic carboxylic acids is 1. The van der Waals surface area contributed by atoms with Crippen molar-refractivity contribution in [3.8, 4) is 0 Å². The van der Waals surface area contributed by atoms with Gasteiger partial charge in [0.25, 0.3) is 6.01 Å². The molecule has 2 aromatic rings. The topological polar surface area (TPSA) is 66.6 Å². The standard InChI is InChI=1S/C12H12N2O3/c1-14(7-9-5-3-2-4-6-9)12-13-10(8-17-12)11(15)16/h2-6,8H,7H2,1H3,(H,15,16). The number of rotatable bonds is 4. The van der Waals surface area contributed by atoms with E-state index in [4.69, 9.17) is 9.52 Å². The Morgan fingerprint density at radius 1 is 1.41 bits per heavy atom. The lowest BCUT2D eigenvalue weighted by Crippen LogP contribution is -2.16. The second kappa shape index (κ2) is 4.69. The number of carbonyl (C=O) groups is 1. The van der Waals surface area contributed by atoms with E-state index >= 15 is 0 Å². The minimum absolute atomic E-state index is 0.0834. The van der Waals surface area contributed by atoms with Crippen molar-refractivity contribution in [2.45, 2.75) is 6.54 Å². The van der Waals surface area contributed by atoms with Crippen LogP contribution in [0.4, 0.5) is 6.01 Å². The van der Waals surface area contributed by atoms with Crippen molar-refractivity contribution >= 4 is 12.0 Å². The molecule has 1 heterocycles. The zero-order valence-corrected chi connectivity index (χ0v) is 9.33. The molecule has 0 spiro atoms. The van der Waals surface area contributed by atoms with Crippen molar-refractivity contribution in [1.82, 2.24) is 4.98 Å². The molecule has 5 nitrogen and oxygen atoms in total. The van der Waals surface area contributed by atoms with Crippen molar-refractivity contribution < 1.29 is 14.3 Å². The molecular formula is C12H12N2O3. The molecule has 17 heavy (non-hydrogen) atoms. The van der Waals surface area contributed by atoms with Gasteiger partial charge in [-0.3, -0.25) is 0 Å². The lowest BCUT2D eigenvalue weighted by molar-refractivity contribution is 0.0690. The molecule has 88 valence electrons. The van der Waals surface area contributed by atoms with Crippen LogP contribution in [0.15, 0.2) is 41.0 Å². The fourth-order valence-corrected chi connectivity index (χ4v) is 1.46. The van der Waals surface area contributed by atoms with Crippen LogP contribution < -0.4 is 4.90 Å². The van der Waals surface area contributed by atoms with Gasteiger partial charge in [0, 0.05) is 13.6 Å². The van der Waals surface area contributed by atoms with Gasteiger partial charge in [-0.25, -0.2) is 4.79 Å². The van der Waals surface area contributed by atoms with Crippen molar-refractivity contribution in [2.75, 3.05) is 11.9 Å². The molecule has 0 aliphatic carbocycles. The predicted molar refractivity (Wildman–Crippen MR) is 62.0 cm³/mol. The monoisotopic (exact) mass is 232 g/mol. The lowest BCUT2D eigenvalue weighted by Gasteiger charge is -2.13. The van der Waals surface area contributed by atoms with Crippen molar-refractivity contribution in [2.24, 2.45) is 0 Å². The Hall–Kier alpha value is -2.30. The molecule has 2 rings (SSSR count). The van der Waals surface area contributed by atoms with E-state index in [1.807, 2.05) is 30.3 Å². The number of oxazole rings is 1. The number of aromatic nitrogens is 1. The highest BCUT2D eigenvalue weighted by molar-refractivity contribution is 5.85. The van der Waals surface area contributed by atoms with E-state index < -0.39 is 5.97 Å². The summed E-state index contributed by atoms with van der Waals surface area (Å²) in [6.07, 6.45) is 1.14. The second-order valence-corrected chi connectivity index (χ2v) is 3.66. The van der Waals surface area contributed by atoms with E-state index in [9.17, 15) is 4.79 Å². The highest BCUT2D eigenvalue weighted by Crippen LogP contribution is 2.14. The first-order valence-electron chi connectivity index (χ1n) is 5.10. The summed E-state index contributed by atoms with van der Waals surface area (Å²) < 4.78 is 5.09. The fraction of sp³-hybridized carbons (Fsp3) is 0.167. The average Bonchev–Trinajstić information content (AvgIpc) is 2.79. The molecule has 0 saturated carbocycles. The van der Waals surface area contributed by atoms with Crippen LogP contribution >= 0.6 is 0 Å². The van der Waals surface area contributed by atoms with E-state index in [0.717, 1.165) is 11.8 Å². The van der Waals surface area contributed by atoms with Crippen LogP contribution in [0.3, 0.4) is 0 Å². The normalized spacial score (nSPS) is 10.2. The molecule has 0 bridgehead atoms. The van der Waals surface area contributed by atoms with Crippen molar-refractivity contribution in [3.05, 3.63) is 47.9 Å². The Balaban J connectivity index is 2.09. The number of anilines is 1. The van der Waals surface area contributed by atoms with Crippen LogP contribution in [-0.2, 0) is 6.54 Å². The Labute approximate surface area is 98.3 Å². The number of nitrogens with zero attached hydrogens (tertiary/aromatic N) is 2. The van der Waals surface area contributed by atoms with E-state index in [1.54, 1.807) is 11.9 Å². The number of hydrogen-bond acceptors (Lipinski definition) is 4. The Bertz CT molecular complexity index is 507. The van der Waals surface area contributed by atoms with Gasteiger partial charge in [-0.2, -0.15) is 4.98 Å². The maximum absolute atomic E-state index is 10.7. The van der Waals surface area contributed by atoms with E-state index in [0.29, 0.717) is 12.6 Å². The Morgan fingerprint density at radius 2 is 2.12 bits per heavy atom. The van der Waals surface area contributed by atoms with Crippen LogP contribution in [0.2, 0.25) is 0 Å². The maximum atomic E-state index is 10.7.